The molecule has 0 bridgehead atoms. The van der Waals surface area contributed by atoms with E-state index in [1.807, 2.05) is 19.2 Å². The van der Waals surface area contributed by atoms with Crippen LogP contribution in [0.1, 0.15) is 11.3 Å². The number of aromatic nitrogens is 1. The van der Waals surface area contributed by atoms with Crippen LogP contribution in [0.5, 0.6) is 11.5 Å². The second-order valence-corrected chi connectivity index (χ2v) is 8.54. The van der Waals surface area contributed by atoms with Gasteiger partial charge >= 0.3 is 0 Å². The van der Waals surface area contributed by atoms with E-state index in [-0.39, 0.29) is 11.7 Å². The highest BCUT2D eigenvalue weighted by Gasteiger charge is 2.32. The molecular weight excluding hydrogens is 352 g/mol. The second kappa shape index (κ2) is 5.49. The molecule has 5 rings (SSSR count). The van der Waals surface area contributed by atoms with Crippen LogP contribution >= 0.6 is 0 Å². The van der Waals surface area contributed by atoms with Gasteiger partial charge in [-0.1, -0.05) is 18.2 Å². The summed E-state index contributed by atoms with van der Waals surface area (Å²) in [5.41, 5.74) is 3.45. The normalized spacial score (nSPS) is 16.8. The molecule has 6 nitrogen and oxygen atoms in total. The summed E-state index contributed by atoms with van der Waals surface area (Å²) in [7, 11) is -1.55. The lowest BCUT2D eigenvalue weighted by Crippen LogP contribution is -2.36. The fraction of sp³-hybridized carbons (Fsp3) is 0.263. The second-order valence-electron chi connectivity index (χ2n) is 6.61. The van der Waals surface area contributed by atoms with Crippen LogP contribution in [0.15, 0.2) is 47.4 Å². The van der Waals surface area contributed by atoms with Gasteiger partial charge in [0.05, 0.1) is 4.90 Å². The lowest BCUT2D eigenvalue weighted by atomic mass is 10.1. The van der Waals surface area contributed by atoms with Gasteiger partial charge in [0, 0.05) is 49.2 Å². The predicted molar refractivity (Wildman–Crippen MR) is 96.8 cm³/mol. The van der Waals surface area contributed by atoms with Crippen LogP contribution in [-0.2, 0) is 30.0 Å². The molecule has 2 aliphatic rings. The summed E-state index contributed by atoms with van der Waals surface area (Å²) >= 11 is 0. The molecule has 134 valence electrons. The summed E-state index contributed by atoms with van der Waals surface area (Å²) in [4.78, 5) is 0.241. The van der Waals surface area contributed by atoms with Gasteiger partial charge in [0.1, 0.15) is 0 Å². The molecule has 2 aromatic carbocycles. The molecule has 0 saturated heterocycles. The number of aryl methyl sites for hydroxylation is 1. The molecule has 0 fully saturated rings. The number of benzene rings is 2. The van der Waals surface area contributed by atoms with Crippen molar-refractivity contribution in [2.24, 2.45) is 7.05 Å². The Hall–Kier alpha value is -2.51. The molecule has 0 aliphatic carbocycles. The molecule has 0 unspecified atom stereocenters. The third kappa shape index (κ3) is 2.17. The van der Waals surface area contributed by atoms with Crippen molar-refractivity contribution in [2.75, 3.05) is 13.3 Å². The summed E-state index contributed by atoms with van der Waals surface area (Å²) in [6.45, 7) is 0.976. The van der Waals surface area contributed by atoms with Gasteiger partial charge < -0.3 is 14.0 Å². The summed E-state index contributed by atoms with van der Waals surface area (Å²) < 4.78 is 40.7. The van der Waals surface area contributed by atoms with E-state index in [2.05, 4.69) is 16.7 Å². The highest BCUT2D eigenvalue weighted by molar-refractivity contribution is 7.89. The third-order valence-electron chi connectivity index (χ3n) is 5.26. The molecule has 0 amide bonds. The zero-order chi connectivity index (χ0) is 17.9. The fourth-order valence-corrected chi connectivity index (χ4v) is 5.32. The number of ether oxygens (including phenoxy) is 2. The van der Waals surface area contributed by atoms with Crippen molar-refractivity contribution < 1.29 is 17.9 Å². The first-order valence-electron chi connectivity index (χ1n) is 8.51. The van der Waals surface area contributed by atoms with Gasteiger partial charge in [-0.2, -0.15) is 4.31 Å². The topological polar surface area (TPSA) is 60.8 Å². The minimum atomic E-state index is -3.60. The van der Waals surface area contributed by atoms with Crippen LogP contribution in [0.3, 0.4) is 0 Å². The van der Waals surface area contributed by atoms with Crippen LogP contribution in [-0.4, -0.2) is 30.6 Å². The van der Waals surface area contributed by atoms with E-state index in [4.69, 9.17) is 9.47 Å². The van der Waals surface area contributed by atoms with Gasteiger partial charge in [-0.05, 0) is 23.8 Å². The number of rotatable bonds is 2. The van der Waals surface area contributed by atoms with Crippen LogP contribution < -0.4 is 9.47 Å². The van der Waals surface area contributed by atoms with E-state index < -0.39 is 10.0 Å². The third-order valence-corrected chi connectivity index (χ3v) is 7.10. The summed E-state index contributed by atoms with van der Waals surface area (Å²) in [5, 5.41) is 1.12. The summed E-state index contributed by atoms with van der Waals surface area (Å²) in [5.74, 6) is 1.06. The molecule has 0 saturated carbocycles. The Balaban J connectivity index is 1.55. The Kier molecular flexibility index (Phi) is 3.32. The molecule has 0 atom stereocenters. The largest absolute Gasteiger partial charge is 0.454 e. The monoisotopic (exact) mass is 370 g/mol. The first-order valence-corrected chi connectivity index (χ1v) is 9.95. The number of hydrogen-bond donors (Lipinski definition) is 0. The predicted octanol–water partition coefficient (Wildman–Crippen LogP) is 2.65. The Morgan fingerprint density at radius 3 is 2.73 bits per heavy atom. The number of hydrogen-bond acceptors (Lipinski definition) is 4. The lowest BCUT2D eigenvalue weighted by Gasteiger charge is -2.27. The standard InChI is InChI=1S/C19H18N2O4S/c1-20-16-5-3-2-4-14(16)15-11-21(9-8-17(15)20)26(22,23)13-6-7-18-19(10-13)25-12-24-18/h2-7,10H,8-9,11-12H2,1H3. The van der Waals surface area contributed by atoms with Crippen molar-refractivity contribution in [3.05, 3.63) is 53.7 Å². The van der Waals surface area contributed by atoms with Gasteiger partial charge in [0.15, 0.2) is 11.5 Å². The van der Waals surface area contributed by atoms with E-state index in [0.29, 0.717) is 31.0 Å². The van der Waals surface area contributed by atoms with E-state index in [9.17, 15) is 8.42 Å². The smallest absolute Gasteiger partial charge is 0.243 e. The minimum Gasteiger partial charge on any atom is -0.454 e. The van der Waals surface area contributed by atoms with Crippen LogP contribution in [0, 0.1) is 0 Å². The maximum atomic E-state index is 13.2. The highest BCUT2D eigenvalue weighted by atomic mass is 32.2. The van der Waals surface area contributed by atoms with E-state index >= 15 is 0 Å². The van der Waals surface area contributed by atoms with Crippen LogP contribution in [0.4, 0.5) is 0 Å². The number of para-hydroxylation sites is 1. The van der Waals surface area contributed by atoms with Crippen LogP contribution in [0.2, 0.25) is 0 Å². The van der Waals surface area contributed by atoms with Gasteiger partial charge in [-0.3, -0.25) is 0 Å². The SMILES string of the molecule is Cn1c2c(c3ccccc31)CN(S(=O)(=O)c1ccc3c(c1)OCO3)CC2. The van der Waals surface area contributed by atoms with Gasteiger partial charge in [-0.15, -0.1) is 0 Å². The average Bonchev–Trinajstić information content (AvgIpc) is 3.24. The zero-order valence-corrected chi connectivity index (χ0v) is 15.1. The molecule has 1 aromatic heterocycles. The molecule has 26 heavy (non-hydrogen) atoms. The number of sulfonamides is 1. The summed E-state index contributed by atoms with van der Waals surface area (Å²) in [6, 6.07) is 12.9. The number of fused-ring (bicyclic) bond motifs is 4. The highest BCUT2D eigenvalue weighted by Crippen LogP contribution is 2.36. The molecule has 2 aliphatic heterocycles. The average molecular weight is 370 g/mol. The molecular formula is C19H18N2O4S. The molecule has 0 spiro atoms. The first-order chi connectivity index (χ1) is 12.6. The Bertz CT molecular complexity index is 1130. The van der Waals surface area contributed by atoms with Gasteiger partial charge in [-0.25, -0.2) is 8.42 Å². The lowest BCUT2D eigenvalue weighted by molar-refractivity contribution is 0.174. The van der Waals surface area contributed by atoms with Crippen molar-refractivity contribution in [1.29, 1.82) is 0 Å². The van der Waals surface area contributed by atoms with Crippen LogP contribution in [0.25, 0.3) is 10.9 Å². The van der Waals surface area contributed by atoms with Crippen molar-refractivity contribution in [1.82, 2.24) is 8.87 Å². The fourth-order valence-electron chi connectivity index (χ4n) is 3.90. The number of nitrogens with zero attached hydrogens (tertiary/aromatic N) is 2. The van der Waals surface area contributed by atoms with Gasteiger partial charge in [0.25, 0.3) is 0 Å². The van der Waals surface area contributed by atoms with Crippen molar-refractivity contribution in [3.8, 4) is 11.5 Å². The van der Waals surface area contributed by atoms with Crippen molar-refractivity contribution >= 4 is 20.9 Å². The Labute approximate surface area is 151 Å². The van der Waals surface area contributed by atoms with E-state index in [1.165, 1.54) is 5.69 Å². The first kappa shape index (κ1) is 15.7. The van der Waals surface area contributed by atoms with Gasteiger partial charge in [0.2, 0.25) is 16.8 Å². The maximum Gasteiger partial charge on any atom is 0.243 e. The Morgan fingerprint density at radius 1 is 1.04 bits per heavy atom. The molecule has 0 N–H and O–H groups in total. The maximum absolute atomic E-state index is 13.2. The minimum absolute atomic E-state index is 0.127. The zero-order valence-electron chi connectivity index (χ0n) is 14.3. The molecule has 3 aromatic rings. The molecule has 3 heterocycles. The molecule has 0 radical (unpaired) electrons. The quantitative estimate of drug-likeness (QED) is 0.696. The van der Waals surface area contributed by atoms with Crippen molar-refractivity contribution in [3.63, 3.8) is 0 Å². The molecule has 7 heteroatoms. The van der Waals surface area contributed by atoms with E-state index in [1.54, 1.807) is 22.5 Å². The van der Waals surface area contributed by atoms with Crippen molar-refractivity contribution in [2.45, 2.75) is 17.9 Å². The Morgan fingerprint density at radius 2 is 1.85 bits per heavy atom. The van der Waals surface area contributed by atoms with E-state index in [0.717, 1.165) is 16.5 Å². The summed E-state index contributed by atoms with van der Waals surface area (Å²) in [6.07, 6.45) is 0.699.